The van der Waals surface area contributed by atoms with Crippen molar-refractivity contribution in [1.82, 2.24) is 9.88 Å². The Morgan fingerprint density at radius 2 is 1.96 bits per heavy atom. The van der Waals surface area contributed by atoms with Gasteiger partial charge >= 0.3 is 0 Å². The Labute approximate surface area is 153 Å². The number of benzene rings is 1. The van der Waals surface area contributed by atoms with Gasteiger partial charge in [-0.1, -0.05) is 36.4 Å². The van der Waals surface area contributed by atoms with Crippen LogP contribution in [-0.4, -0.2) is 35.3 Å². The summed E-state index contributed by atoms with van der Waals surface area (Å²) in [7, 11) is 0. The van der Waals surface area contributed by atoms with Gasteiger partial charge in [-0.05, 0) is 47.8 Å². The first-order chi connectivity index (χ1) is 12.8. The first-order valence-electron chi connectivity index (χ1n) is 8.64. The fourth-order valence-electron chi connectivity index (χ4n) is 2.92. The summed E-state index contributed by atoms with van der Waals surface area (Å²) in [5.74, 6) is 0.485. The number of hydrogen-bond donors (Lipinski definition) is 1. The molecule has 3 rings (SSSR count). The van der Waals surface area contributed by atoms with Gasteiger partial charge in [0.1, 0.15) is 5.82 Å². The third-order valence-corrected chi connectivity index (χ3v) is 4.31. The Kier molecular flexibility index (Phi) is 5.93. The van der Waals surface area contributed by atoms with Crippen molar-refractivity contribution in [2.24, 2.45) is 0 Å². The van der Waals surface area contributed by atoms with E-state index >= 15 is 0 Å². The Balaban J connectivity index is 1.58. The van der Waals surface area contributed by atoms with Crippen molar-refractivity contribution in [1.29, 1.82) is 0 Å². The number of nitrogens with one attached hydrogen (secondary N) is 1. The first-order valence-corrected chi connectivity index (χ1v) is 8.64. The number of pyridine rings is 1. The molecule has 1 aliphatic heterocycles. The van der Waals surface area contributed by atoms with E-state index in [2.05, 4.69) is 28.5 Å². The van der Waals surface area contributed by atoms with Gasteiger partial charge in [0.25, 0.3) is 0 Å². The van der Waals surface area contributed by atoms with E-state index in [4.69, 9.17) is 0 Å². The van der Waals surface area contributed by atoms with Crippen molar-refractivity contribution >= 4 is 29.8 Å². The first kappa shape index (κ1) is 17.6. The highest BCUT2D eigenvalue weighted by atomic mass is 16.2. The Morgan fingerprint density at radius 3 is 2.69 bits per heavy atom. The summed E-state index contributed by atoms with van der Waals surface area (Å²) in [6, 6.07) is 13.8. The lowest BCUT2D eigenvalue weighted by molar-refractivity contribution is -0.125. The van der Waals surface area contributed by atoms with Crippen molar-refractivity contribution in [2.45, 2.75) is 12.8 Å². The summed E-state index contributed by atoms with van der Waals surface area (Å²) < 4.78 is 0. The van der Waals surface area contributed by atoms with Gasteiger partial charge in [0, 0.05) is 25.4 Å². The highest BCUT2D eigenvalue weighted by Gasteiger charge is 2.14. The van der Waals surface area contributed by atoms with Crippen LogP contribution >= 0.6 is 0 Å². The number of hydrogen-bond acceptors (Lipinski definition) is 3. The fraction of sp³-hybridized carbons (Fsp3) is 0.190. The molecular formula is C21H21N3O2. The monoisotopic (exact) mass is 347 g/mol. The molecule has 2 heterocycles. The van der Waals surface area contributed by atoms with Gasteiger partial charge in [0.05, 0.1) is 0 Å². The van der Waals surface area contributed by atoms with E-state index in [1.807, 2.05) is 23.1 Å². The average molecular weight is 347 g/mol. The summed E-state index contributed by atoms with van der Waals surface area (Å²) >= 11 is 0. The molecule has 0 bridgehead atoms. The second kappa shape index (κ2) is 8.76. The van der Waals surface area contributed by atoms with Crippen molar-refractivity contribution < 1.29 is 9.59 Å². The molecule has 5 nitrogen and oxygen atoms in total. The summed E-state index contributed by atoms with van der Waals surface area (Å²) in [4.78, 5) is 28.8. The predicted octanol–water partition coefficient (Wildman–Crippen LogP) is 3.37. The van der Waals surface area contributed by atoms with Crippen LogP contribution in [-0.2, 0) is 9.59 Å². The van der Waals surface area contributed by atoms with Crippen molar-refractivity contribution in [3.8, 4) is 0 Å². The smallest absolute Gasteiger partial charge is 0.246 e. The van der Waals surface area contributed by atoms with E-state index in [1.54, 1.807) is 30.5 Å². The normalized spacial score (nSPS) is 14.6. The molecule has 5 heteroatoms. The van der Waals surface area contributed by atoms with Crippen LogP contribution in [0.2, 0.25) is 0 Å². The van der Waals surface area contributed by atoms with E-state index in [0.717, 1.165) is 24.9 Å². The molecule has 0 atom stereocenters. The van der Waals surface area contributed by atoms with Crippen LogP contribution in [0.25, 0.3) is 11.6 Å². The molecule has 0 spiro atoms. The molecule has 1 N–H and O–H groups in total. The number of aromatic nitrogens is 1. The predicted molar refractivity (Wildman–Crippen MR) is 103 cm³/mol. The van der Waals surface area contributed by atoms with Crippen LogP contribution in [0.1, 0.15) is 24.0 Å². The lowest BCUT2D eigenvalue weighted by Gasteiger charge is -2.18. The van der Waals surface area contributed by atoms with E-state index in [9.17, 15) is 9.59 Å². The number of nitrogens with zero attached hydrogens (tertiary/aromatic N) is 2. The van der Waals surface area contributed by atoms with Crippen LogP contribution in [0.4, 0.5) is 5.82 Å². The zero-order chi connectivity index (χ0) is 18.2. The van der Waals surface area contributed by atoms with Gasteiger partial charge in [-0.15, -0.1) is 0 Å². The SMILES string of the molecule is O=CNc1ccc(C=CC(=O)N2CCC=C(c3ccccc3)CC2)cn1. The molecule has 0 aliphatic carbocycles. The van der Waals surface area contributed by atoms with Crippen LogP contribution in [0.15, 0.2) is 60.8 Å². The second-order valence-electron chi connectivity index (χ2n) is 6.03. The number of amides is 2. The lowest BCUT2D eigenvalue weighted by Crippen LogP contribution is -2.30. The maximum atomic E-state index is 12.5. The number of rotatable bonds is 5. The third kappa shape index (κ3) is 4.66. The van der Waals surface area contributed by atoms with Gasteiger partial charge in [-0.25, -0.2) is 4.98 Å². The number of carbonyl (C=O) groups excluding carboxylic acids is 2. The van der Waals surface area contributed by atoms with E-state index in [-0.39, 0.29) is 5.91 Å². The minimum absolute atomic E-state index is 0.00260. The maximum Gasteiger partial charge on any atom is 0.246 e. The molecule has 0 radical (unpaired) electrons. The average Bonchev–Trinajstić information content (AvgIpc) is 2.94. The van der Waals surface area contributed by atoms with E-state index in [1.165, 1.54) is 11.1 Å². The molecule has 1 aromatic carbocycles. The topological polar surface area (TPSA) is 62.3 Å². The summed E-state index contributed by atoms with van der Waals surface area (Å²) in [5.41, 5.74) is 3.34. The number of carbonyl (C=O) groups is 2. The molecule has 0 saturated carbocycles. The summed E-state index contributed by atoms with van der Waals surface area (Å²) in [5, 5.41) is 2.48. The molecule has 0 fully saturated rings. The highest BCUT2D eigenvalue weighted by Crippen LogP contribution is 2.22. The summed E-state index contributed by atoms with van der Waals surface area (Å²) in [6.45, 7) is 1.43. The Bertz CT molecular complexity index is 811. The van der Waals surface area contributed by atoms with Crippen molar-refractivity contribution in [2.75, 3.05) is 18.4 Å². The van der Waals surface area contributed by atoms with E-state index in [0.29, 0.717) is 18.8 Å². The molecule has 1 aliphatic rings. The molecule has 2 aromatic rings. The molecule has 26 heavy (non-hydrogen) atoms. The zero-order valence-electron chi connectivity index (χ0n) is 14.5. The molecule has 132 valence electrons. The van der Waals surface area contributed by atoms with Gasteiger partial charge < -0.3 is 10.2 Å². The minimum Gasteiger partial charge on any atom is -0.339 e. The molecular weight excluding hydrogens is 326 g/mol. The third-order valence-electron chi connectivity index (χ3n) is 4.31. The quantitative estimate of drug-likeness (QED) is 0.666. The molecule has 0 saturated heterocycles. The van der Waals surface area contributed by atoms with Gasteiger partial charge in [-0.2, -0.15) is 0 Å². The molecule has 1 aromatic heterocycles. The van der Waals surface area contributed by atoms with Gasteiger partial charge in [0.15, 0.2) is 0 Å². The minimum atomic E-state index is 0.00260. The summed E-state index contributed by atoms with van der Waals surface area (Å²) in [6.07, 6.45) is 9.48. The second-order valence-corrected chi connectivity index (χ2v) is 6.03. The van der Waals surface area contributed by atoms with Gasteiger partial charge in [-0.3, -0.25) is 9.59 Å². The Hall–Kier alpha value is -3.21. The highest BCUT2D eigenvalue weighted by molar-refractivity contribution is 5.92. The fourth-order valence-corrected chi connectivity index (χ4v) is 2.92. The van der Waals surface area contributed by atoms with Crippen LogP contribution in [0.3, 0.4) is 0 Å². The number of anilines is 1. The standard InChI is InChI=1S/C21H21N3O2/c25-16-23-20-10-8-17(15-22-20)9-11-21(26)24-13-4-7-19(12-14-24)18-5-2-1-3-6-18/h1-3,5-11,15-16H,4,12-14H2,(H,22,23,25). The van der Waals surface area contributed by atoms with Crippen LogP contribution < -0.4 is 5.32 Å². The van der Waals surface area contributed by atoms with Crippen molar-refractivity contribution in [3.63, 3.8) is 0 Å². The molecule has 2 amide bonds. The zero-order valence-corrected chi connectivity index (χ0v) is 14.5. The van der Waals surface area contributed by atoms with Gasteiger partial charge in [0.2, 0.25) is 12.3 Å². The van der Waals surface area contributed by atoms with Crippen LogP contribution in [0.5, 0.6) is 0 Å². The molecule has 0 unspecified atom stereocenters. The van der Waals surface area contributed by atoms with E-state index < -0.39 is 0 Å². The largest absolute Gasteiger partial charge is 0.339 e. The van der Waals surface area contributed by atoms with Crippen molar-refractivity contribution in [3.05, 3.63) is 71.9 Å². The Morgan fingerprint density at radius 1 is 1.12 bits per heavy atom. The lowest BCUT2D eigenvalue weighted by atomic mass is 10.0. The van der Waals surface area contributed by atoms with Crippen LogP contribution in [0, 0.1) is 0 Å². The maximum absolute atomic E-state index is 12.5.